The SMILES string of the molecule is CC[C@]1(OC(=O)CNC(=O)CCC(C)=O)C(=O)OCc2c1cc1n(c2=O)Cc2cc3ccccc3nc2-1. The van der Waals surface area contributed by atoms with E-state index in [4.69, 9.17) is 14.5 Å². The molecule has 10 nitrogen and oxygen atoms in total. The van der Waals surface area contributed by atoms with E-state index in [1.54, 1.807) is 17.6 Å². The van der Waals surface area contributed by atoms with Gasteiger partial charge in [0.2, 0.25) is 11.5 Å². The number of Topliss-reactive ketones (excluding diaryl/α,β-unsaturated/α-hetero) is 1. The van der Waals surface area contributed by atoms with Crippen molar-refractivity contribution in [2.24, 2.45) is 0 Å². The number of para-hydroxylation sites is 1. The number of carbonyl (C=O) groups excluding carboxylic acids is 4. The Labute approximate surface area is 211 Å². The van der Waals surface area contributed by atoms with Crippen LogP contribution in [-0.4, -0.2) is 39.7 Å². The van der Waals surface area contributed by atoms with Crippen molar-refractivity contribution in [2.75, 3.05) is 6.54 Å². The van der Waals surface area contributed by atoms with Crippen LogP contribution in [0.4, 0.5) is 0 Å². The number of cyclic esters (lactones) is 1. The van der Waals surface area contributed by atoms with Crippen molar-refractivity contribution in [3.05, 3.63) is 63.4 Å². The number of esters is 2. The van der Waals surface area contributed by atoms with Crippen LogP contribution in [-0.2, 0) is 47.4 Å². The normalized spacial score (nSPS) is 17.4. The predicted molar refractivity (Wildman–Crippen MR) is 131 cm³/mol. The van der Waals surface area contributed by atoms with E-state index in [0.717, 1.165) is 16.5 Å². The molecule has 1 atom stereocenters. The number of carbonyl (C=O) groups is 4. The Kier molecular flexibility index (Phi) is 6.10. The van der Waals surface area contributed by atoms with E-state index < -0.39 is 30.0 Å². The van der Waals surface area contributed by atoms with Gasteiger partial charge in [0, 0.05) is 29.4 Å². The Hall–Kier alpha value is -4.34. The molecule has 5 rings (SSSR count). The molecule has 0 bridgehead atoms. The summed E-state index contributed by atoms with van der Waals surface area (Å²) in [5.74, 6) is -2.29. The first-order valence-corrected chi connectivity index (χ1v) is 12.0. The monoisotopic (exact) mass is 503 g/mol. The Morgan fingerprint density at radius 3 is 2.70 bits per heavy atom. The quantitative estimate of drug-likeness (QED) is 0.379. The highest BCUT2D eigenvalue weighted by Gasteiger charge is 2.50. The number of ether oxygens (including phenoxy) is 2. The summed E-state index contributed by atoms with van der Waals surface area (Å²) >= 11 is 0. The lowest BCUT2D eigenvalue weighted by Gasteiger charge is -2.35. The first-order chi connectivity index (χ1) is 17.7. The lowest BCUT2D eigenvalue weighted by atomic mass is 9.85. The summed E-state index contributed by atoms with van der Waals surface area (Å²) in [7, 11) is 0. The highest BCUT2D eigenvalue weighted by atomic mass is 16.6. The summed E-state index contributed by atoms with van der Waals surface area (Å²) in [6.07, 6.45) is 0.0134. The van der Waals surface area contributed by atoms with E-state index in [0.29, 0.717) is 17.9 Å². The summed E-state index contributed by atoms with van der Waals surface area (Å²) in [6.45, 7) is 2.61. The summed E-state index contributed by atoms with van der Waals surface area (Å²) in [5.41, 5.74) is 1.13. The van der Waals surface area contributed by atoms with E-state index in [1.807, 2.05) is 30.3 Å². The number of benzene rings is 1. The zero-order valence-corrected chi connectivity index (χ0v) is 20.5. The van der Waals surface area contributed by atoms with Crippen LogP contribution < -0.4 is 10.9 Å². The third-order valence-electron chi connectivity index (χ3n) is 6.81. The Balaban J connectivity index is 1.51. The highest BCUT2D eigenvalue weighted by molar-refractivity contribution is 5.90. The van der Waals surface area contributed by atoms with Crippen molar-refractivity contribution < 1.29 is 28.7 Å². The molecule has 0 saturated carbocycles. The molecule has 1 N–H and O–H groups in total. The largest absolute Gasteiger partial charge is 0.457 e. The Bertz CT molecular complexity index is 1540. The van der Waals surface area contributed by atoms with Crippen molar-refractivity contribution in [2.45, 2.75) is 51.9 Å². The van der Waals surface area contributed by atoms with Gasteiger partial charge in [0.15, 0.2) is 0 Å². The summed E-state index contributed by atoms with van der Waals surface area (Å²) in [6, 6.07) is 11.3. The molecule has 2 aromatic heterocycles. The molecule has 0 radical (unpaired) electrons. The van der Waals surface area contributed by atoms with Crippen LogP contribution in [0.5, 0.6) is 0 Å². The lowest BCUT2D eigenvalue weighted by molar-refractivity contribution is -0.189. The van der Waals surface area contributed by atoms with Gasteiger partial charge in [-0.3, -0.25) is 14.4 Å². The molecule has 10 heteroatoms. The molecule has 2 aliphatic rings. The second-order valence-corrected chi connectivity index (χ2v) is 9.21. The molecule has 190 valence electrons. The van der Waals surface area contributed by atoms with Crippen molar-refractivity contribution in [3.63, 3.8) is 0 Å². The number of rotatable bonds is 7. The third-order valence-corrected chi connectivity index (χ3v) is 6.81. The van der Waals surface area contributed by atoms with Crippen LogP contribution in [0.25, 0.3) is 22.3 Å². The highest BCUT2D eigenvalue weighted by Crippen LogP contribution is 2.40. The predicted octanol–water partition coefficient (Wildman–Crippen LogP) is 2.12. The van der Waals surface area contributed by atoms with Gasteiger partial charge in [0.25, 0.3) is 5.56 Å². The summed E-state index contributed by atoms with van der Waals surface area (Å²) < 4.78 is 12.6. The molecule has 37 heavy (non-hydrogen) atoms. The first-order valence-electron chi connectivity index (χ1n) is 12.0. The van der Waals surface area contributed by atoms with Crippen molar-refractivity contribution in [3.8, 4) is 11.4 Å². The topological polar surface area (TPSA) is 134 Å². The van der Waals surface area contributed by atoms with Gasteiger partial charge in [-0.2, -0.15) is 0 Å². The van der Waals surface area contributed by atoms with Gasteiger partial charge in [-0.25, -0.2) is 9.78 Å². The van der Waals surface area contributed by atoms with E-state index >= 15 is 0 Å². The number of nitrogens with zero attached hydrogens (tertiary/aromatic N) is 2. The fourth-order valence-electron chi connectivity index (χ4n) is 4.86. The average molecular weight is 504 g/mol. The second-order valence-electron chi connectivity index (χ2n) is 9.21. The molecule has 0 aliphatic carbocycles. The van der Waals surface area contributed by atoms with E-state index in [1.165, 1.54) is 6.92 Å². The van der Waals surface area contributed by atoms with Crippen LogP contribution in [0.3, 0.4) is 0 Å². The minimum absolute atomic E-state index is 0.0176. The van der Waals surface area contributed by atoms with Crippen LogP contribution in [0.2, 0.25) is 0 Å². The first kappa shape index (κ1) is 24.4. The van der Waals surface area contributed by atoms with Crippen molar-refractivity contribution in [1.82, 2.24) is 14.9 Å². The number of nitrogens with one attached hydrogen (secondary N) is 1. The van der Waals surface area contributed by atoms with Crippen molar-refractivity contribution in [1.29, 1.82) is 0 Å². The lowest BCUT2D eigenvalue weighted by Crippen LogP contribution is -2.48. The fraction of sp³-hybridized carbons (Fsp3) is 0.333. The van der Waals surface area contributed by atoms with Crippen LogP contribution >= 0.6 is 0 Å². The van der Waals surface area contributed by atoms with Crippen LogP contribution in [0.1, 0.15) is 49.8 Å². The van der Waals surface area contributed by atoms with Gasteiger partial charge in [0.05, 0.1) is 29.0 Å². The molecule has 3 aromatic rings. The van der Waals surface area contributed by atoms with E-state index in [2.05, 4.69) is 5.32 Å². The standard InChI is InChI=1S/C27H25N3O7/c1-3-27(37-23(33)12-28-22(32)9-8-15(2)31)19-11-21-24-17(10-16-6-4-5-7-20(16)29-24)13-30(21)25(34)18(19)14-36-26(27)35/h4-7,10-11H,3,8-9,12-14H2,1-2H3,(H,28,32)/t27-/m1/s1. The molecular weight excluding hydrogens is 478 g/mol. The molecule has 2 aliphatic heterocycles. The molecular formula is C27H25N3O7. The number of aromatic nitrogens is 2. The zero-order valence-electron chi connectivity index (χ0n) is 20.5. The Morgan fingerprint density at radius 2 is 1.95 bits per heavy atom. The summed E-state index contributed by atoms with van der Waals surface area (Å²) in [5, 5.41) is 3.35. The van der Waals surface area contributed by atoms with Gasteiger partial charge in [-0.15, -0.1) is 0 Å². The number of amides is 1. The van der Waals surface area contributed by atoms with Crippen LogP contribution in [0.15, 0.2) is 41.2 Å². The second kappa shape index (κ2) is 9.27. The minimum Gasteiger partial charge on any atom is -0.457 e. The minimum atomic E-state index is -1.84. The van der Waals surface area contributed by atoms with Gasteiger partial charge >= 0.3 is 11.9 Å². The number of hydrogen-bond acceptors (Lipinski definition) is 8. The molecule has 1 amide bonds. The van der Waals surface area contributed by atoms with Crippen LogP contribution in [0, 0.1) is 0 Å². The van der Waals surface area contributed by atoms with Gasteiger partial charge < -0.3 is 24.2 Å². The molecule has 0 spiro atoms. The fourth-order valence-corrected chi connectivity index (χ4v) is 4.86. The van der Waals surface area contributed by atoms with Gasteiger partial charge in [-0.1, -0.05) is 25.1 Å². The molecule has 1 aromatic carbocycles. The van der Waals surface area contributed by atoms with Gasteiger partial charge in [-0.05, 0) is 31.5 Å². The molecule has 0 fully saturated rings. The number of hydrogen-bond donors (Lipinski definition) is 1. The maximum absolute atomic E-state index is 13.5. The maximum Gasteiger partial charge on any atom is 0.355 e. The number of ketones is 1. The van der Waals surface area contributed by atoms with E-state index in [9.17, 15) is 24.0 Å². The van der Waals surface area contributed by atoms with E-state index in [-0.39, 0.29) is 48.3 Å². The maximum atomic E-state index is 13.5. The zero-order chi connectivity index (χ0) is 26.3. The smallest absolute Gasteiger partial charge is 0.355 e. The molecule has 0 unspecified atom stereocenters. The van der Waals surface area contributed by atoms with Gasteiger partial charge in [0.1, 0.15) is 18.9 Å². The Morgan fingerprint density at radius 1 is 1.16 bits per heavy atom. The van der Waals surface area contributed by atoms with Crippen molar-refractivity contribution >= 4 is 34.5 Å². The molecule has 4 heterocycles. The third kappa shape index (κ3) is 4.18. The number of pyridine rings is 2. The summed E-state index contributed by atoms with van der Waals surface area (Å²) in [4.78, 5) is 67.1. The average Bonchev–Trinajstić information content (AvgIpc) is 3.24. The number of fused-ring (bicyclic) bond motifs is 5. The molecule has 0 saturated heterocycles.